The molecule has 1 N–H and O–H groups in total. The van der Waals surface area contributed by atoms with Crippen molar-refractivity contribution in [1.29, 1.82) is 0 Å². The fourth-order valence-electron chi connectivity index (χ4n) is 3.79. The summed E-state index contributed by atoms with van der Waals surface area (Å²) in [4.78, 5) is 18.9. The Labute approximate surface area is 146 Å². The van der Waals surface area contributed by atoms with Gasteiger partial charge in [0.25, 0.3) is 5.91 Å². The average molecular weight is 342 g/mol. The molecule has 2 saturated heterocycles. The van der Waals surface area contributed by atoms with Crippen LogP contribution in [0.15, 0.2) is 41.2 Å². The van der Waals surface area contributed by atoms with Gasteiger partial charge in [0.1, 0.15) is 0 Å². The Morgan fingerprint density at radius 2 is 2.28 bits per heavy atom. The summed E-state index contributed by atoms with van der Waals surface area (Å²) in [5.74, 6) is 1.00. The predicted molar refractivity (Wildman–Crippen MR) is 89.7 cm³/mol. The van der Waals surface area contributed by atoms with Gasteiger partial charge in [0.05, 0.1) is 24.6 Å². The number of carbonyl (C=O) groups is 1. The van der Waals surface area contributed by atoms with Crippen molar-refractivity contribution >= 4 is 5.91 Å². The SMILES string of the molecule is O=C(NC[C@H]1OC[C@@H]2CCN(Cc3ccccn3)C[C@@H]21)c1ccno1. The number of aromatic nitrogens is 2. The van der Waals surface area contributed by atoms with Crippen LogP contribution in [0.5, 0.6) is 0 Å². The predicted octanol–water partition coefficient (Wildman–Crippen LogP) is 1.34. The van der Waals surface area contributed by atoms with Crippen LogP contribution in [0.3, 0.4) is 0 Å². The summed E-state index contributed by atoms with van der Waals surface area (Å²) >= 11 is 0. The van der Waals surface area contributed by atoms with Crippen LogP contribution < -0.4 is 5.32 Å². The molecular formula is C18H22N4O3. The number of amides is 1. The Morgan fingerprint density at radius 1 is 1.32 bits per heavy atom. The number of nitrogens with one attached hydrogen (secondary N) is 1. The summed E-state index contributed by atoms with van der Waals surface area (Å²) in [7, 11) is 0. The van der Waals surface area contributed by atoms with Gasteiger partial charge in [0.15, 0.2) is 0 Å². The number of fused-ring (bicyclic) bond motifs is 1. The van der Waals surface area contributed by atoms with Gasteiger partial charge in [-0.2, -0.15) is 0 Å². The zero-order valence-corrected chi connectivity index (χ0v) is 14.0. The maximum absolute atomic E-state index is 12.0. The zero-order chi connectivity index (χ0) is 17.1. The molecule has 4 rings (SSSR count). The van der Waals surface area contributed by atoms with Crippen LogP contribution >= 0.6 is 0 Å². The topological polar surface area (TPSA) is 80.5 Å². The number of likely N-dealkylation sites (tertiary alicyclic amines) is 1. The van der Waals surface area contributed by atoms with E-state index in [1.807, 2.05) is 18.3 Å². The van der Waals surface area contributed by atoms with Crippen LogP contribution in [-0.4, -0.2) is 53.3 Å². The van der Waals surface area contributed by atoms with Gasteiger partial charge >= 0.3 is 0 Å². The van der Waals surface area contributed by atoms with E-state index in [1.165, 1.54) is 6.20 Å². The highest BCUT2D eigenvalue weighted by molar-refractivity contribution is 5.91. The lowest BCUT2D eigenvalue weighted by Crippen LogP contribution is -2.45. The zero-order valence-electron chi connectivity index (χ0n) is 14.0. The minimum Gasteiger partial charge on any atom is -0.376 e. The van der Waals surface area contributed by atoms with E-state index in [0.29, 0.717) is 18.4 Å². The number of ether oxygens (including phenoxy) is 1. The molecule has 0 aromatic carbocycles. The lowest BCUT2D eigenvalue weighted by atomic mass is 9.84. The van der Waals surface area contributed by atoms with Crippen molar-refractivity contribution in [2.75, 3.05) is 26.2 Å². The number of pyridine rings is 1. The van der Waals surface area contributed by atoms with Gasteiger partial charge in [-0.25, -0.2) is 0 Å². The van der Waals surface area contributed by atoms with Crippen molar-refractivity contribution in [3.05, 3.63) is 48.1 Å². The van der Waals surface area contributed by atoms with Gasteiger partial charge in [-0.05, 0) is 31.0 Å². The molecule has 2 aromatic heterocycles. The molecule has 7 nitrogen and oxygen atoms in total. The monoisotopic (exact) mass is 342 g/mol. The molecule has 3 atom stereocenters. The van der Waals surface area contributed by atoms with Gasteiger partial charge in [-0.15, -0.1) is 0 Å². The molecule has 2 aliphatic heterocycles. The smallest absolute Gasteiger partial charge is 0.289 e. The highest BCUT2D eigenvalue weighted by Gasteiger charge is 2.40. The van der Waals surface area contributed by atoms with Crippen molar-refractivity contribution in [1.82, 2.24) is 20.4 Å². The first-order valence-corrected chi connectivity index (χ1v) is 8.72. The molecule has 7 heteroatoms. The fourth-order valence-corrected chi connectivity index (χ4v) is 3.79. The number of hydrogen-bond donors (Lipinski definition) is 1. The van der Waals surface area contributed by atoms with Crippen LogP contribution in [0.25, 0.3) is 0 Å². The highest BCUT2D eigenvalue weighted by Crippen LogP contribution is 2.34. The van der Waals surface area contributed by atoms with Crippen molar-refractivity contribution in [2.24, 2.45) is 11.8 Å². The maximum atomic E-state index is 12.0. The van der Waals surface area contributed by atoms with Crippen LogP contribution in [-0.2, 0) is 11.3 Å². The number of carbonyl (C=O) groups excluding carboxylic acids is 1. The molecule has 0 spiro atoms. The van der Waals surface area contributed by atoms with E-state index >= 15 is 0 Å². The van der Waals surface area contributed by atoms with E-state index in [-0.39, 0.29) is 17.8 Å². The lowest BCUT2D eigenvalue weighted by molar-refractivity contribution is 0.0662. The van der Waals surface area contributed by atoms with E-state index < -0.39 is 0 Å². The molecule has 2 aromatic rings. The third-order valence-electron chi connectivity index (χ3n) is 5.13. The molecule has 0 radical (unpaired) electrons. The van der Waals surface area contributed by atoms with Crippen molar-refractivity contribution < 1.29 is 14.1 Å². The second-order valence-corrected chi connectivity index (χ2v) is 6.73. The van der Waals surface area contributed by atoms with Gasteiger partial charge in [-0.1, -0.05) is 11.2 Å². The van der Waals surface area contributed by atoms with E-state index in [1.54, 1.807) is 6.07 Å². The summed E-state index contributed by atoms with van der Waals surface area (Å²) in [5, 5.41) is 6.45. The molecule has 2 aliphatic rings. The largest absolute Gasteiger partial charge is 0.376 e. The Balaban J connectivity index is 1.33. The number of nitrogens with zero attached hydrogens (tertiary/aromatic N) is 3. The number of piperidine rings is 1. The molecule has 0 bridgehead atoms. The Bertz CT molecular complexity index is 692. The molecule has 0 saturated carbocycles. The van der Waals surface area contributed by atoms with Crippen LogP contribution in [0.2, 0.25) is 0 Å². The van der Waals surface area contributed by atoms with Gasteiger partial charge < -0.3 is 14.6 Å². The van der Waals surface area contributed by atoms with Crippen LogP contribution in [0, 0.1) is 11.8 Å². The first kappa shape index (κ1) is 16.2. The third-order valence-corrected chi connectivity index (χ3v) is 5.13. The maximum Gasteiger partial charge on any atom is 0.289 e. The molecule has 0 unspecified atom stereocenters. The Kier molecular flexibility index (Phi) is 4.76. The van der Waals surface area contributed by atoms with Crippen LogP contribution in [0.1, 0.15) is 22.7 Å². The summed E-state index contributed by atoms with van der Waals surface area (Å²) in [6.45, 7) is 4.19. The van der Waals surface area contributed by atoms with E-state index in [9.17, 15) is 4.79 Å². The van der Waals surface area contributed by atoms with E-state index in [4.69, 9.17) is 9.26 Å². The Morgan fingerprint density at radius 3 is 3.08 bits per heavy atom. The molecular weight excluding hydrogens is 320 g/mol. The quantitative estimate of drug-likeness (QED) is 0.883. The van der Waals surface area contributed by atoms with Crippen LogP contribution in [0.4, 0.5) is 0 Å². The third kappa shape index (κ3) is 3.72. The lowest BCUT2D eigenvalue weighted by Gasteiger charge is -2.35. The molecule has 4 heterocycles. The van der Waals surface area contributed by atoms with Crippen molar-refractivity contribution in [3.8, 4) is 0 Å². The standard InChI is InChI=1S/C18H22N4O3/c23-18(16-4-7-21-25-16)20-9-17-15-11-22(8-5-13(15)12-24-17)10-14-3-1-2-6-19-14/h1-4,6-7,13,15,17H,5,8-12H2,(H,20,23)/t13-,15-,17+/m0/s1. The van der Waals surface area contributed by atoms with Gasteiger partial charge in [0, 0.05) is 37.8 Å². The second-order valence-electron chi connectivity index (χ2n) is 6.73. The van der Waals surface area contributed by atoms with Crippen molar-refractivity contribution in [2.45, 2.75) is 19.1 Å². The molecule has 0 aliphatic carbocycles. The molecule has 132 valence electrons. The first-order valence-electron chi connectivity index (χ1n) is 8.72. The summed E-state index contributed by atoms with van der Waals surface area (Å²) in [6.07, 6.45) is 4.48. The van der Waals surface area contributed by atoms with E-state index in [2.05, 4.69) is 26.4 Å². The fraction of sp³-hybridized carbons (Fsp3) is 0.500. The first-order chi connectivity index (χ1) is 12.3. The number of hydrogen-bond acceptors (Lipinski definition) is 6. The molecule has 1 amide bonds. The normalized spacial score (nSPS) is 26.3. The van der Waals surface area contributed by atoms with Gasteiger partial charge in [0.2, 0.25) is 5.76 Å². The Hall–Kier alpha value is -2.25. The van der Waals surface area contributed by atoms with Crippen molar-refractivity contribution in [3.63, 3.8) is 0 Å². The average Bonchev–Trinajstić information content (AvgIpc) is 3.31. The van der Waals surface area contributed by atoms with Gasteiger partial charge in [-0.3, -0.25) is 14.7 Å². The summed E-state index contributed by atoms with van der Waals surface area (Å²) in [6, 6.07) is 7.58. The summed E-state index contributed by atoms with van der Waals surface area (Å²) in [5.41, 5.74) is 1.09. The minimum atomic E-state index is -0.245. The summed E-state index contributed by atoms with van der Waals surface area (Å²) < 4.78 is 10.8. The van der Waals surface area contributed by atoms with E-state index in [0.717, 1.165) is 38.4 Å². The highest BCUT2D eigenvalue weighted by atomic mass is 16.5. The molecule has 25 heavy (non-hydrogen) atoms. The second kappa shape index (κ2) is 7.33. The minimum absolute atomic E-state index is 0.0448. The number of rotatable bonds is 5. The molecule has 2 fully saturated rings.